The number of nitrogens with zero attached hydrogens (tertiary/aromatic N) is 1. The van der Waals surface area contributed by atoms with Gasteiger partial charge in [-0.15, -0.1) is 0 Å². The second kappa shape index (κ2) is 10.9. The van der Waals surface area contributed by atoms with Crippen LogP contribution < -0.4 is 9.47 Å². The van der Waals surface area contributed by atoms with Gasteiger partial charge in [0, 0.05) is 19.7 Å². The minimum absolute atomic E-state index is 0.288. The highest BCUT2D eigenvalue weighted by Gasteiger charge is 2.13. The summed E-state index contributed by atoms with van der Waals surface area (Å²) in [6.45, 7) is 4.07. The van der Waals surface area contributed by atoms with E-state index in [0.29, 0.717) is 24.7 Å². The van der Waals surface area contributed by atoms with Crippen LogP contribution in [0.4, 0.5) is 0 Å². The number of allylic oxidation sites excluding steroid dienone is 1. The summed E-state index contributed by atoms with van der Waals surface area (Å²) in [7, 11) is 3.23. The number of esters is 1. The SMILES string of the molecule is COc1cc(CN(C)C(=O)COC(=O)C=C(C)C)ccc1OCc1ccccc1. The third kappa shape index (κ3) is 7.33. The monoisotopic (exact) mass is 397 g/mol. The lowest BCUT2D eigenvalue weighted by molar-refractivity contribution is -0.147. The summed E-state index contributed by atoms with van der Waals surface area (Å²) in [6, 6.07) is 15.4. The average Bonchev–Trinajstić information content (AvgIpc) is 2.71. The molecule has 29 heavy (non-hydrogen) atoms. The maximum atomic E-state index is 12.2. The van der Waals surface area contributed by atoms with Gasteiger partial charge in [0.2, 0.25) is 0 Å². The molecule has 0 aromatic heterocycles. The Morgan fingerprint density at radius 3 is 2.38 bits per heavy atom. The third-order valence-electron chi connectivity index (χ3n) is 4.06. The fraction of sp³-hybridized carbons (Fsp3) is 0.304. The number of methoxy groups -OCH3 is 1. The average molecular weight is 397 g/mol. The predicted molar refractivity (Wildman–Crippen MR) is 111 cm³/mol. The van der Waals surface area contributed by atoms with Crippen LogP contribution in [-0.4, -0.2) is 37.5 Å². The summed E-state index contributed by atoms with van der Waals surface area (Å²) in [4.78, 5) is 25.2. The normalized spacial score (nSPS) is 10.1. The first-order chi connectivity index (χ1) is 13.9. The summed E-state index contributed by atoms with van der Waals surface area (Å²) in [5.74, 6) is 0.413. The molecule has 0 atom stereocenters. The molecule has 0 fully saturated rings. The zero-order chi connectivity index (χ0) is 21.2. The molecule has 0 aliphatic heterocycles. The van der Waals surface area contributed by atoms with E-state index >= 15 is 0 Å². The number of rotatable bonds is 9. The van der Waals surface area contributed by atoms with E-state index in [9.17, 15) is 9.59 Å². The molecule has 0 aliphatic rings. The van der Waals surface area contributed by atoms with E-state index in [-0.39, 0.29) is 12.5 Å². The van der Waals surface area contributed by atoms with Crippen LogP contribution in [0.15, 0.2) is 60.2 Å². The lowest BCUT2D eigenvalue weighted by Crippen LogP contribution is -2.30. The highest BCUT2D eigenvalue weighted by atomic mass is 16.5. The van der Waals surface area contributed by atoms with Crippen LogP contribution in [0.5, 0.6) is 11.5 Å². The minimum atomic E-state index is -0.520. The van der Waals surface area contributed by atoms with Gasteiger partial charge in [0.05, 0.1) is 7.11 Å². The summed E-state index contributed by atoms with van der Waals surface area (Å²) in [5.41, 5.74) is 2.75. The second-order valence-electron chi connectivity index (χ2n) is 6.84. The molecule has 0 saturated heterocycles. The summed E-state index contributed by atoms with van der Waals surface area (Å²) >= 11 is 0. The van der Waals surface area contributed by atoms with E-state index in [4.69, 9.17) is 14.2 Å². The van der Waals surface area contributed by atoms with E-state index in [0.717, 1.165) is 16.7 Å². The van der Waals surface area contributed by atoms with Gasteiger partial charge in [0.15, 0.2) is 18.1 Å². The zero-order valence-corrected chi connectivity index (χ0v) is 17.3. The lowest BCUT2D eigenvalue weighted by atomic mass is 10.2. The van der Waals surface area contributed by atoms with E-state index < -0.39 is 5.97 Å². The van der Waals surface area contributed by atoms with E-state index in [1.54, 1.807) is 28.0 Å². The van der Waals surface area contributed by atoms with Crippen molar-refractivity contribution in [2.45, 2.75) is 27.0 Å². The first kappa shape index (κ1) is 22.0. The van der Waals surface area contributed by atoms with Crippen molar-refractivity contribution in [3.05, 3.63) is 71.3 Å². The molecule has 1 amide bonds. The van der Waals surface area contributed by atoms with Crippen LogP contribution in [0.2, 0.25) is 0 Å². The van der Waals surface area contributed by atoms with Crippen molar-refractivity contribution in [2.24, 2.45) is 0 Å². The van der Waals surface area contributed by atoms with Gasteiger partial charge in [0.25, 0.3) is 5.91 Å². The molecule has 6 nitrogen and oxygen atoms in total. The quantitative estimate of drug-likeness (QED) is 0.476. The molecular formula is C23H27NO5. The highest BCUT2D eigenvalue weighted by Crippen LogP contribution is 2.29. The number of hydrogen-bond donors (Lipinski definition) is 0. The third-order valence-corrected chi connectivity index (χ3v) is 4.06. The summed E-state index contributed by atoms with van der Waals surface area (Å²) in [5, 5.41) is 0. The number of benzene rings is 2. The molecule has 0 heterocycles. The van der Waals surface area contributed by atoms with Crippen molar-refractivity contribution in [2.75, 3.05) is 20.8 Å². The van der Waals surface area contributed by atoms with Crippen LogP contribution in [0.25, 0.3) is 0 Å². The molecule has 0 spiro atoms. The number of likely N-dealkylation sites (N-methyl/N-ethyl adjacent to an activating group) is 1. The Hall–Kier alpha value is -3.28. The standard InChI is InChI=1S/C23H27NO5/c1-17(2)12-23(26)29-16-22(25)24(3)14-19-10-11-20(21(13-19)27-4)28-15-18-8-6-5-7-9-18/h5-13H,14-16H2,1-4H3. The van der Waals surface area contributed by atoms with Crippen molar-refractivity contribution in [1.82, 2.24) is 4.90 Å². The summed E-state index contributed by atoms with van der Waals surface area (Å²) < 4.78 is 16.2. The Kier molecular flexibility index (Phi) is 8.27. The largest absolute Gasteiger partial charge is 0.493 e. The highest BCUT2D eigenvalue weighted by molar-refractivity contribution is 5.86. The molecule has 2 aromatic carbocycles. The molecule has 154 valence electrons. The van der Waals surface area contributed by atoms with Crippen LogP contribution >= 0.6 is 0 Å². The Balaban J connectivity index is 1.93. The molecule has 0 radical (unpaired) electrons. The first-order valence-corrected chi connectivity index (χ1v) is 9.28. The van der Waals surface area contributed by atoms with Crippen LogP contribution in [0.1, 0.15) is 25.0 Å². The molecule has 2 rings (SSSR count). The van der Waals surface area contributed by atoms with E-state index in [2.05, 4.69) is 0 Å². The lowest BCUT2D eigenvalue weighted by Gasteiger charge is -2.18. The second-order valence-corrected chi connectivity index (χ2v) is 6.84. The smallest absolute Gasteiger partial charge is 0.331 e. The fourth-order valence-electron chi connectivity index (χ4n) is 2.55. The maximum Gasteiger partial charge on any atom is 0.331 e. The Morgan fingerprint density at radius 1 is 1.00 bits per heavy atom. The van der Waals surface area contributed by atoms with E-state index in [1.807, 2.05) is 48.5 Å². The van der Waals surface area contributed by atoms with Crippen LogP contribution in [0.3, 0.4) is 0 Å². The van der Waals surface area contributed by atoms with Crippen molar-refractivity contribution < 1.29 is 23.8 Å². The van der Waals surface area contributed by atoms with Crippen LogP contribution in [-0.2, 0) is 27.5 Å². The van der Waals surface area contributed by atoms with Crippen molar-refractivity contribution >= 4 is 11.9 Å². The van der Waals surface area contributed by atoms with Crippen LogP contribution in [0, 0.1) is 0 Å². The van der Waals surface area contributed by atoms with Gasteiger partial charge in [-0.05, 0) is 37.1 Å². The van der Waals surface area contributed by atoms with Gasteiger partial charge < -0.3 is 19.1 Å². The topological polar surface area (TPSA) is 65.1 Å². The van der Waals surface area contributed by atoms with Gasteiger partial charge in [-0.25, -0.2) is 4.79 Å². The molecule has 0 saturated carbocycles. The molecule has 0 aliphatic carbocycles. The minimum Gasteiger partial charge on any atom is -0.493 e. The Morgan fingerprint density at radius 2 is 1.72 bits per heavy atom. The number of carbonyl (C=O) groups excluding carboxylic acids is 2. The molecular weight excluding hydrogens is 370 g/mol. The van der Waals surface area contributed by atoms with Gasteiger partial charge in [-0.3, -0.25) is 4.79 Å². The Bertz CT molecular complexity index is 857. The van der Waals surface area contributed by atoms with Gasteiger partial charge >= 0.3 is 5.97 Å². The Labute approximate surface area is 171 Å². The zero-order valence-electron chi connectivity index (χ0n) is 17.3. The van der Waals surface area contributed by atoms with E-state index in [1.165, 1.54) is 11.0 Å². The molecule has 0 N–H and O–H groups in total. The number of ether oxygens (including phenoxy) is 3. The maximum absolute atomic E-state index is 12.2. The van der Waals surface area contributed by atoms with Gasteiger partial charge in [0.1, 0.15) is 6.61 Å². The molecule has 2 aromatic rings. The van der Waals surface area contributed by atoms with Gasteiger partial charge in [-0.2, -0.15) is 0 Å². The number of carbonyl (C=O) groups is 2. The number of hydrogen-bond acceptors (Lipinski definition) is 5. The van der Waals surface area contributed by atoms with Crippen molar-refractivity contribution in [1.29, 1.82) is 0 Å². The van der Waals surface area contributed by atoms with Crippen molar-refractivity contribution in [3.8, 4) is 11.5 Å². The molecule has 0 bridgehead atoms. The summed E-state index contributed by atoms with van der Waals surface area (Å²) in [6.07, 6.45) is 1.35. The molecule has 6 heteroatoms. The van der Waals surface area contributed by atoms with Gasteiger partial charge in [-0.1, -0.05) is 42.0 Å². The predicted octanol–water partition coefficient (Wildman–Crippen LogP) is 3.74. The fourth-order valence-corrected chi connectivity index (χ4v) is 2.55. The first-order valence-electron chi connectivity index (χ1n) is 9.28. The molecule has 0 unspecified atom stereocenters. The van der Waals surface area contributed by atoms with Crippen molar-refractivity contribution in [3.63, 3.8) is 0 Å². The number of amides is 1.